The molecule has 2 aromatic heterocycles. The van der Waals surface area contributed by atoms with Crippen LogP contribution in [0.3, 0.4) is 0 Å². The molecule has 0 saturated heterocycles. The second-order valence-corrected chi connectivity index (χ2v) is 15.6. The number of anilines is 1. The lowest BCUT2D eigenvalue weighted by molar-refractivity contribution is -0.139. The quantitative estimate of drug-likeness (QED) is 0.165. The zero-order valence-electron chi connectivity index (χ0n) is 30.5. The number of hydrogen-bond acceptors (Lipinski definition) is 10. The first-order valence-corrected chi connectivity index (χ1v) is 18.8. The van der Waals surface area contributed by atoms with Gasteiger partial charge < -0.3 is 19.9 Å². The fraction of sp³-hybridized carbons (Fsp3) is 0.368. The van der Waals surface area contributed by atoms with E-state index in [-0.39, 0.29) is 36.0 Å². The van der Waals surface area contributed by atoms with Crippen molar-refractivity contribution >= 4 is 38.6 Å². The first kappa shape index (κ1) is 37.4. The van der Waals surface area contributed by atoms with E-state index in [0.29, 0.717) is 24.4 Å². The van der Waals surface area contributed by atoms with E-state index in [1.54, 1.807) is 24.3 Å². The number of carboxylic acids is 1. The van der Waals surface area contributed by atoms with Gasteiger partial charge in [-0.3, -0.25) is 4.79 Å². The van der Waals surface area contributed by atoms with E-state index in [2.05, 4.69) is 25.6 Å². The van der Waals surface area contributed by atoms with Crippen molar-refractivity contribution in [2.45, 2.75) is 78.0 Å². The second-order valence-electron chi connectivity index (χ2n) is 13.7. The van der Waals surface area contributed by atoms with Gasteiger partial charge in [-0.15, -0.1) is 5.10 Å². The van der Waals surface area contributed by atoms with E-state index in [9.17, 15) is 18.0 Å². The molecule has 6 rings (SSSR count). The SMILES string of the molecule is CC[C@@H]1CN(Cc2cc(C(c3ccc4c(nnn4CC)c3C)C(C)(C)C(=O)Nc3cnc(OCC(=O)O)nc3)ccc2C)S(=O)(=O)c2ccccc2O1. The van der Waals surface area contributed by atoms with Gasteiger partial charge in [-0.1, -0.05) is 62.4 Å². The topological polar surface area (TPSA) is 179 Å². The number of nitrogens with one attached hydrogen (secondary N) is 1. The summed E-state index contributed by atoms with van der Waals surface area (Å²) in [6.45, 7) is 11.9. The predicted molar refractivity (Wildman–Crippen MR) is 197 cm³/mol. The average Bonchev–Trinajstić information content (AvgIpc) is 3.52. The predicted octanol–water partition coefficient (Wildman–Crippen LogP) is 5.48. The molecule has 278 valence electrons. The second kappa shape index (κ2) is 14.9. The number of carbonyl (C=O) groups excluding carboxylic acids is 1. The summed E-state index contributed by atoms with van der Waals surface area (Å²) in [7, 11) is -3.90. The summed E-state index contributed by atoms with van der Waals surface area (Å²) in [5, 5.41) is 20.6. The van der Waals surface area contributed by atoms with Crippen LogP contribution in [0.2, 0.25) is 0 Å². The maximum atomic E-state index is 14.3. The lowest BCUT2D eigenvalue weighted by Gasteiger charge is -2.35. The van der Waals surface area contributed by atoms with Crippen LogP contribution in [-0.2, 0) is 32.7 Å². The van der Waals surface area contributed by atoms with Crippen molar-refractivity contribution in [1.29, 1.82) is 0 Å². The largest absolute Gasteiger partial charge is 0.488 e. The number of hydrogen-bond donors (Lipinski definition) is 2. The number of aryl methyl sites for hydroxylation is 3. The molecule has 15 heteroatoms. The number of rotatable bonds is 12. The van der Waals surface area contributed by atoms with Crippen LogP contribution in [0.5, 0.6) is 11.8 Å². The minimum Gasteiger partial charge on any atom is -0.488 e. The zero-order chi connectivity index (χ0) is 38.1. The summed E-state index contributed by atoms with van der Waals surface area (Å²) < 4.78 is 42.6. The maximum absolute atomic E-state index is 14.3. The van der Waals surface area contributed by atoms with E-state index in [0.717, 1.165) is 38.9 Å². The standard InChI is InChI=1S/C38H43N7O7S/c1-7-28-21-44(53(49,50)32-12-10-9-11-31(32)52-28)20-26-17-25(14-13-23(26)3)34(29-15-16-30-35(24(29)4)42-43-45(30)8-2)38(5,6)36(48)41-27-18-39-37(40-19-27)51-22-33(46)47/h9-19,28,34H,7-8,20-22H2,1-6H3,(H,41,48)(H,46,47)/t28-,34?/m1/s1. The van der Waals surface area contributed by atoms with Gasteiger partial charge in [-0.05, 0) is 73.2 Å². The zero-order valence-corrected chi connectivity index (χ0v) is 31.3. The van der Waals surface area contributed by atoms with Crippen LogP contribution in [-0.4, -0.2) is 73.9 Å². The fourth-order valence-electron chi connectivity index (χ4n) is 6.75. The van der Waals surface area contributed by atoms with Gasteiger partial charge in [-0.2, -0.15) is 4.31 Å². The Kier molecular flexibility index (Phi) is 10.5. The van der Waals surface area contributed by atoms with Crippen LogP contribution in [0.25, 0.3) is 11.0 Å². The van der Waals surface area contributed by atoms with Crippen molar-refractivity contribution in [3.8, 4) is 11.8 Å². The van der Waals surface area contributed by atoms with E-state index in [1.165, 1.54) is 16.7 Å². The molecule has 0 spiro atoms. The summed E-state index contributed by atoms with van der Waals surface area (Å²) in [5.41, 5.74) is 5.02. The summed E-state index contributed by atoms with van der Waals surface area (Å²) in [4.78, 5) is 33.4. The van der Waals surface area contributed by atoms with Gasteiger partial charge in [-0.25, -0.2) is 27.9 Å². The lowest BCUT2D eigenvalue weighted by atomic mass is 9.69. The van der Waals surface area contributed by atoms with Crippen LogP contribution in [0.1, 0.15) is 67.9 Å². The van der Waals surface area contributed by atoms with Gasteiger partial charge in [0.25, 0.3) is 0 Å². The smallest absolute Gasteiger partial charge is 0.341 e. The number of amides is 1. The molecule has 0 bridgehead atoms. The highest BCUT2D eigenvalue weighted by molar-refractivity contribution is 7.89. The molecule has 3 aromatic carbocycles. The Bertz CT molecular complexity index is 2270. The molecule has 1 amide bonds. The monoisotopic (exact) mass is 741 g/mol. The number of carboxylic acid groups (broad SMARTS) is 1. The number of sulfonamides is 1. The van der Waals surface area contributed by atoms with Crippen molar-refractivity contribution in [1.82, 2.24) is 29.3 Å². The van der Waals surface area contributed by atoms with E-state index >= 15 is 0 Å². The number of carbonyl (C=O) groups is 2. The minimum atomic E-state index is -3.90. The molecule has 1 unspecified atom stereocenters. The van der Waals surface area contributed by atoms with Crippen LogP contribution in [0, 0.1) is 19.3 Å². The number of benzene rings is 3. The molecule has 14 nitrogen and oxygen atoms in total. The number of nitrogens with zero attached hydrogens (tertiary/aromatic N) is 6. The van der Waals surface area contributed by atoms with Crippen molar-refractivity contribution in [3.05, 3.63) is 94.8 Å². The molecule has 3 heterocycles. The molecule has 5 aromatic rings. The average molecular weight is 742 g/mol. The number of ether oxygens (including phenoxy) is 2. The summed E-state index contributed by atoms with van der Waals surface area (Å²) in [6, 6.07) is 16.5. The third kappa shape index (κ3) is 7.44. The van der Waals surface area contributed by atoms with Crippen LogP contribution < -0.4 is 14.8 Å². The summed E-state index contributed by atoms with van der Waals surface area (Å²) >= 11 is 0. The molecule has 2 N–H and O–H groups in total. The molecule has 0 saturated carbocycles. The van der Waals surface area contributed by atoms with Gasteiger partial charge in [0.15, 0.2) is 6.61 Å². The highest BCUT2D eigenvalue weighted by atomic mass is 32.2. The highest BCUT2D eigenvalue weighted by Crippen LogP contribution is 2.45. The maximum Gasteiger partial charge on any atom is 0.341 e. The Morgan fingerprint density at radius 1 is 1.08 bits per heavy atom. The summed E-state index contributed by atoms with van der Waals surface area (Å²) in [5.74, 6) is -1.69. The number of aliphatic carboxylic acids is 1. The Labute approximate surface area is 308 Å². The van der Waals surface area contributed by atoms with Gasteiger partial charge in [0, 0.05) is 19.0 Å². The van der Waals surface area contributed by atoms with Crippen LogP contribution in [0.4, 0.5) is 5.69 Å². The molecule has 0 fully saturated rings. The lowest BCUT2D eigenvalue weighted by Crippen LogP contribution is -2.38. The molecule has 1 aliphatic heterocycles. The molecule has 1 aliphatic rings. The fourth-order valence-corrected chi connectivity index (χ4v) is 8.32. The van der Waals surface area contributed by atoms with Crippen molar-refractivity contribution < 1.29 is 32.6 Å². The normalized spacial score (nSPS) is 16.3. The first-order chi connectivity index (χ1) is 25.2. The Morgan fingerprint density at radius 2 is 1.81 bits per heavy atom. The van der Waals surface area contributed by atoms with E-state index < -0.39 is 33.9 Å². The molecule has 0 radical (unpaired) electrons. The molecular formula is C38H43N7O7S. The first-order valence-electron chi connectivity index (χ1n) is 17.4. The summed E-state index contributed by atoms with van der Waals surface area (Å²) in [6.07, 6.45) is 2.99. The van der Waals surface area contributed by atoms with Gasteiger partial charge in [0.1, 0.15) is 22.3 Å². The van der Waals surface area contributed by atoms with Crippen molar-refractivity contribution in [2.24, 2.45) is 5.41 Å². The van der Waals surface area contributed by atoms with Gasteiger partial charge in [0.05, 0.1) is 35.6 Å². The van der Waals surface area contributed by atoms with Crippen molar-refractivity contribution in [3.63, 3.8) is 0 Å². The number of fused-ring (bicyclic) bond motifs is 2. The third-order valence-electron chi connectivity index (χ3n) is 9.79. The number of aromatic nitrogens is 5. The highest BCUT2D eigenvalue weighted by Gasteiger charge is 2.41. The Balaban J connectivity index is 1.41. The van der Waals surface area contributed by atoms with Crippen LogP contribution >= 0.6 is 0 Å². The Hall–Kier alpha value is -5.41. The van der Waals surface area contributed by atoms with Gasteiger partial charge in [0.2, 0.25) is 15.9 Å². The molecule has 53 heavy (non-hydrogen) atoms. The van der Waals surface area contributed by atoms with E-state index in [1.807, 2.05) is 76.6 Å². The minimum absolute atomic E-state index is 0.103. The van der Waals surface area contributed by atoms with Gasteiger partial charge >= 0.3 is 12.0 Å². The van der Waals surface area contributed by atoms with Crippen LogP contribution in [0.15, 0.2) is 71.9 Å². The van der Waals surface area contributed by atoms with E-state index in [4.69, 9.17) is 14.6 Å². The third-order valence-corrected chi connectivity index (χ3v) is 11.6. The van der Waals surface area contributed by atoms with Crippen molar-refractivity contribution in [2.75, 3.05) is 18.5 Å². The molecule has 2 atom stereocenters. The molecular weight excluding hydrogens is 699 g/mol. The number of para-hydroxylation sites is 1. The Morgan fingerprint density at radius 3 is 2.51 bits per heavy atom. The molecule has 0 aliphatic carbocycles.